The van der Waals surface area contributed by atoms with E-state index in [0.717, 1.165) is 35.0 Å². The molecule has 4 aromatic heterocycles. The van der Waals surface area contributed by atoms with E-state index in [1.165, 1.54) is 11.3 Å². The summed E-state index contributed by atoms with van der Waals surface area (Å²) in [6.07, 6.45) is 6.28. The Balaban J connectivity index is 1.25. The summed E-state index contributed by atoms with van der Waals surface area (Å²) in [5.74, 6) is 0.150. The maximum Gasteiger partial charge on any atom is 0.322 e. The molecule has 1 fully saturated rings. The molecule has 0 bridgehead atoms. The number of carbonyl (C=O) groups is 1. The van der Waals surface area contributed by atoms with E-state index in [0.29, 0.717) is 41.7 Å². The van der Waals surface area contributed by atoms with Gasteiger partial charge < -0.3 is 15.2 Å². The third-order valence-electron chi connectivity index (χ3n) is 5.81. The van der Waals surface area contributed by atoms with Gasteiger partial charge in [-0.15, -0.1) is 11.3 Å². The van der Waals surface area contributed by atoms with E-state index < -0.39 is 5.82 Å². The van der Waals surface area contributed by atoms with Crippen LogP contribution in [0.25, 0.3) is 22.4 Å². The van der Waals surface area contributed by atoms with Crippen molar-refractivity contribution in [3.8, 4) is 11.4 Å². The van der Waals surface area contributed by atoms with Crippen LogP contribution in [-0.4, -0.2) is 50.5 Å². The second-order valence-corrected chi connectivity index (χ2v) is 9.74. The molecule has 5 rings (SSSR count). The molecule has 1 aliphatic heterocycles. The van der Waals surface area contributed by atoms with E-state index in [-0.39, 0.29) is 17.8 Å². The van der Waals surface area contributed by atoms with Crippen LogP contribution in [-0.2, 0) is 0 Å². The third-order valence-corrected chi connectivity index (χ3v) is 6.98. The predicted octanol–water partition coefficient (Wildman–Crippen LogP) is 5.54. The molecular weight excluding hydrogens is 477 g/mol. The van der Waals surface area contributed by atoms with Crippen molar-refractivity contribution in [3.63, 3.8) is 0 Å². The third kappa shape index (κ3) is 4.83. The van der Waals surface area contributed by atoms with Crippen LogP contribution in [0.15, 0.2) is 36.1 Å². The Labute approximate surface area is 204 Å². The number of rotatable bonds is 5. The highest BCUT2D eigenvalue weighted by molar-refractivity contribution is 7.14. The molecule has 4 aromatic rings. The molecule has 1 aliphatic rings. The molecule has 0 unspecified atom stereocenters. The molecule has 0 aliphatic carbocycles. The molecule has 0 aromatic carbocycles. The molecule has 8 nitrogen and oxygen atoms in total. The van der Waals surface area contributed by atoms with Crippen LogP contribution in [0.1, 0.15) is 18.4 Å². The Morgan fingerprint density at radius 3 is 3.06 bits per heavy atom. The lowest BCUT2D eigenvalue weighted by Gasteiger charge is -2.32. The number of likely N-dealkylation sites (tertiary alicyclic amines) is 1. The first kappa shape index (κ1) is 22.5. The second kappa shape index (κ2) is 9.55. The van der Waals surface area contributed by atoms with Crippen molar-refractivity contribution in [1.29, 1.82) is 0 Å². The minimum Gasteiger partial charge on any atom is -0.367 e. The monoisotopic (exact) mass is 499 g/mol. The molecule has 0 saturated carbocycles. The molecule has 2 amide bonds. The Morgan fingerprint density at radius 2 is 2.24 bits per heavy atom. The number of piperidine rings is 1. The van der Waals surface area contributed by atoms with E-state index in [4.69, 9.17) is 11.6 Å². The summed E-state index contributed by atoms with van der Waals surface area (Å²) < 4.78 is 14.5. The standard InChI is InChI=1S/C23H23ClFN7OS/c1-13-5-19(34-12-13)30-23(33)32-4-2-3-14(11-32)7-26-22-18(25)10-29-21(31-22)17-9-28-20-16(17)6-15(24)8-27-20/h5-6,8-10,12,14H,2-4,7,11H2,1H3,(H,27,28)(H,30,33)(H,26,29,31)/t14-/m1/s1. The largest absolute Gasteiger partial charge is 0.367 e. The van der Waals surface area contributed by atoms with Gasteiger partial charge >= 0.3 is 6.03 Å². The average molecular weight is 500 g/mol. The minimum absolute atomic E-state index is 0.103. The molecule has 176 valence electrons. The number of fused-ring (bicyclic) bond motifs is 1. The molecule has 34 heavy (non-hydrogen) atoms. The van der Waals surface area contributed by atoms with E-state index in [9.17, 15) is 9.18 Å². The lowest BCUT2D eigenvalue weighted by Crippen LogP contribution is -2.43. The number of nitrogens with zero attached hydrogens (tertiary/aromatic N) is 4. The normalized spacial score (nSPS) is 16.1. The number of hydrogen-bond acceptors (Lipinski definition) is 6. The topological polar surface area (TPSA) is 98.8 Å². The molecule has 0 spiro atoms. The predicted molar refractivity (Wildman–Crippen MR) is 133 cm³/mol. The van der Waals surface area contributed by atoms with Gasteiger partial charge in [0.15, 0.2) is 17.5 Å². The van der Waals surface area contributed by atoms with Crippen LogP contribution in [0, 0.1) is 18.7 Å². The van der Waals surface area contributed by atoms with Gasteiger partial charge in [-0.05, 0) is 48.8 Å². The first-order valence-corrected chi connectivity index (χ1v) is 12.2. The summed E-state index contributed by atoms with van der Waals surface area (Å²) in [5.41, 5.74) is 2.47. The Morgan fingerprint density at radius 1 is 1.35 bits per heavy atom. The van der Waals surface area contributed by atoms with Crippen molar-refractivity contribution in [3.05, 3.63) is 52.5 Å². The quantitative estimate of drug-likeness (QED) is 0.335. The SMILES string of the molecule is Cc1csc(NC(=O)N2CCC[C@H](CNc3nc(-c4c[nH]c5ncc(Cl)cc45)ncc3F)C2)c1. The van der Waals surface area contributed by atoms with Gasteiger partial charge in [-0.25, -0.2) is 24.1 Å². The molecule has 11 heteroatoms. The lowest BCUT2D eigenvalue weighted by molar-refractivity contribution is 0.180. The fourth-order valence-electron chi connectivity index (χ4n) is 4.12. The van der Waals surface area contributed by atoms with Gasteiger partial charge in [0.2, 0.25) is 0 Å². The number of aromatic amines is 1. The van der Waals surface area contributed by atoms with Gasteiger partial charge in [0, 0.05) is 43.0 Å². The van der Waals surface area contributed by atoms with Gasteiger partial charge in [-0.1, -0.05) is 11.6 Å². The van der Waals surface area contributed by atoms with Crippen molar-refractivity contribution in [2.75, 3.05) is 30.3 Å². The first-order valence-electron chi connectivity index (χ1n) is 11.0. The Bertz CT molecular complexity index is 1340. The number of amides is 2. The number of halogens is 2. The molecule has 1 saturated heterocycles. The maximum atomic E-state index is 14.5. The minimum atomic E-state index is -0.529. The lowest BCUT2D eigenvalue weighted by atomic mass is 9.98. The molecule has 3 N–H and O–H groups in total. The van der Waals surface area contributed by atoms with Gasteiger partial charge in [0.05, 0.1) is 16.2 Å². The first-order chi connectivity index (χ1) is 16.5. The zero-order valence-electron chi connectivity index (χ0n) is 18.4. The van der Waals surface area contributed by atoms with Crippen LogP contribution in [0.2, 0.25) is 5.02 Å². The second-order valence-electron chi connectivity index (χ2n) is 8.40. The van der Waals surface area contributed by atoms with Crippen LogP contribution in [0.3, 0.4) is 0 Å². The van der Waals surface area contributed by atoms with E-state index in [2.05, 4.69) is 30.6 Å². The van der Waals surface area contributed by atoms with Gasteiger partial charge in [-0.3, -0.25) is 5.32 Å². The smallest absolute Gasteiger partial charge is 0.322 e. The van der Waals surface area contributed by atoms with Crippen LogP contribution in [0.4, 0.5) is 20.0 Å². The fraction of sp³-hybridized carbons (Fsp3) is 0.304. The van der Waals surface area contributed by atoms with Gasteiger partial charge in [0.1, 0.15) is 5.65 Å². The number of carbonyl (C=O) groups excluding carboxylic acids is 1. The summed E-state index contributed by atoms with van der Waals surface area (Å²) in [6.45, 7) is 3.79. The van der Waals surface area contributed by atoms with Crippen LogP contribution < -0.4 is 10.6 Å². The van der Waals surface area contributed by atoms with Gasteiger partial charge in [0.25, 0.3) is 0 Å². The number of pyridine rings is 1. The summed E-state index contributed by atoms with van der Waals surface area (Å²) >= 11 is 7.60. The zero-order chi connectivity index (χ0) is 23.7. The highest BCUT2D eigenvalue weighted by Gasteiger charge is 2.24. The van der Waals surface area contributed by atoms with Crippen molar-refractivity contribution < 1.29 is 9.18 Å². The fourth-order valence-corrected chi connectivity index (χ4v) is 5.06. The average Bonchev–Trinajstić information content (AvgIpc) is 3.44. The highest BCUT2D eigenvalue weighted by Crippen LogP contribution is 2.28. The number of aryl methyl sites for hydroxylation is 1. The number of hydrogen-bond donors (Lipinski definition) is 3. The maximum absolute atomic E-state index is 14.5. The summed E-state index contributed by atoms with van der Waals surface area (Å²) in [4.78, 5) is 30.3. The zero-order valence-corrected chi connectivity index (χ0v) is 20.0. The Kier molecular flexibility index (Phi) is 6.34. The van der Waals surface area contributed by atoms with Crippen molar-refractivity contribution in [2.24, 2.45) is 5.92 Å². The van der Waals surface area contributed by atoms with Crippen LogP contribution in [0.5, 0.6) is 0 Å². The number of anilines is 2. The number of H-pyrrole nitrogens is 1. The molecule has 5 heterocycles. The van der Waals surface area contributed by atoms with Crippen LogP contribution >= 0.6 is 22.9 Å². The van der Waals surface area contributed by atoms with Gasteiger partial charge in [-0.2, -0.15) is 0 Å². The van der Waals surface area contributed by atoms with E-state index >= 15 is 0 Å². The summed E-state index contributed by atoms with van der Waals surface area (Å²) in [5, 5.41) is 10.2. The molecule has 1 atom stereocenters. The summed E-state index contributed by atoms with van der Waals surface area (Å²) in [6, 6.07) is 3.63. The van der Waals surface area contributed by atoms with E-state index in [1.54, 1.807) is 18.5 Å². The van der Waals surface area contributed by atoms with Crippen molar-refractivity contribution in [2.45, 2.75) is 19.8 Å². The highest BCUT2D eigenvalue weighted by atomic mass is 35.5. The van der Waals surface area contributed by atoms with Crippen molar-refractivity contribution >= 4 is 50.8 Å². The van der Waals surface area contributed by atoms with Crippen molar-refractivity contribution in [1.82, 2.24) is 24.8 Å². The molecule has 0 radical (unpaired) electrons. The number of thiophene rings is 1. The number of urea groups is 1. The van der Waals surface area contributed by atoms with E-state index in [1.807, 2.05) is 23.3 Å². The Hall–Kier alpha value is -3.24. The summed E-state index contributed by atoms with van der Waals surface area (Å²) in [7, 11) is 0. The number of aromatic nitrogens is 4. The molecular formula is C23H23ClFN7OS. The number of nitrogens with one attached hydrogen (secondary N) is 3.